The second-order valence-corrected chi connectivity index (χ2v) is 6.82. The molecule has 2 aromatic rings. The van der Waals surface area contributed by atoms with Crippen molar-refractivity contribution >= 4 is 11.6 Å². The van der Waals surface area contributed by atoms with Crippen LogP contribution < -0.4 is 19.9 Å². The van der Waals surface area contributed by atoms with Crippen LogP contribution in [0.2, 0.25) is 0 Å². The Morgan fingerprint density at radius 2 is 1.88 bits per heavy atom. The zero-order valence-electron chi connectivity index (χ0n) is 15.6. The van der Waals surface area contributed by atoms with Gasteiger partial charge < -0.3 is 19.9 Å². The molecule has 0 saturated carbocycles. The first-order chi connectivity index (χ1) is 12.7. The number of nitrogens with zero attached hydrogens (tertiary/aromatic N) is 1. The molecule has 1 amide bonds. The Hall–Kier alpha value is -2.53. The van der Waals surface area contributed by atoms with Crippen molar-refractivity contribution in [2.45, 2.75) is 13.0 Å². The predicted molar refractivity (Wildman–Crippen MR) is 104 cm³/mol. The number of methoxy groups -OCH3 is 1. The third kappa shape index (κ3) is 4.76. The lowest BCUT2D eigenvalue weighted by Gasteiger charge is -2.33. The van der Waals surface area contributed by atoms with Crippen LogP contribution in [0.4, 0.5) is 5.69 Å². The number of carbonyl (C=O) groups excluding carboxylic acids is 1. The Morgan fingerprint density at radius 3 is 2.58 bits per heavy atom. The molecule has 1 fully saturated rings. The lowest BCUT2D eigenvalue weighted by Crippen LogP contribution is -3.15. The summed E-state index contributed by atoms with van der Waals surface area (Å²) in [6.45, 7) is 6.38. The van der Waals surface area contributed by atoms with Gasteiger partial charge in [-0.1, -0.05) is 36.4 Å². The van der Waals surface area contributed by atoms with Crippen LogP contribution in [0.15, 0.2) is 54.6 Å². The largest absolute Gasteiger partial charge is 0.497 e. The van der Waals surface area contributed by atoms with Crippen molar-refractivity contribution in [3.05, 3.63) is 60.2 Å². The topological polar surface area (TPSA) is 46.0 Å². The van der Waals surface area contributed by atoms with Gasteiger partial charge in [0, 0.05) is 11.8 Å². The number of piperazine rings is 1. The summed E-state index contributed by atoms with van der Waals surface area (Å²) in [5.74, 6) is 0.998. The number of amides is 1. The van der Waals surface area contributed by atoms with Gasteiger partial charge >= 0.3 is 0 Å². The Morgan fingerprint density at radius 1 is 1.15 bits per heavy atom. The average Bonchev–Trinajstić information content (AvgIpc) is 2.69. The third-order valence-electron chi connectivity index (χ3n) is 4.98. The summed E-state index contributed by atoms with van der Waals surface area (Å²) in [7, 11) is 1.69. The number of ether oxygens (including phenoxy) is 1. The minimum Gasteiger partial charge on any atom is -0.497 e. The summed E-state index contributed by atoms with van der Waals surface area (Å²) in [4.78, 5) is 16.1. The smallest absolute Gasteiger partial charge is 0.275 e. The number of hydrogen-bond donors (Lipinski definition) is 2. The molecule has 1 heterocycles. The zero-order chi connectivity index (χ0) is 18.4. The molecule has 3 rings (SSSR count). The molecule has 0 bridgehead atoms. The van der Waals surface area contributed by atoms with Crippen molar-refractivity contribution in [1.29, 1.82) is 0 Å². The Balaban J connectivity index is 1.47. The highest BCUT2D eigenvalue weighted by atomic mass is 16.5. The highest BCUT2D eigenvalue weighted by molar-refractivity contribution is 5.77. The molecule has 1 saturated heterocycles. The number of hydrogen-bond acceptors (Lipinski definition) is 3. The lowest BCUT2D eigenvalue weighted by molar-refractivity contribution is -0.892. The van der Waals surface area contributed by atoms with Gasteiger partial charge in [-0.2, -0.15) is 0 Å². The maximum Gasteiger partial charge on any atom is 0.275 e. The van der Waals surface area contributed by atoms with Gasteiger partial charge in [0.15, 0.2) is 6.54 Å². The van der Waals surface area contributed by atoms with Crippen molar-refractivity contribution in [1.82, 2.24) is 5.32 Å². The van der Waals surface area contributed by atoms with Crippen LogP contribution >= 0.6 is 0 Å². The van der Waals surface area contributed by atoms with E-state index in [9.17, 15) is 4.79 Å². The summed E-state index contributed by atoms with van der Waals surface area (Å²) < 4.78 is 5.31. The summed E-state index contributed by atoms with van der Waals surface area (Å²) in [6.07, 6.45) is 0. The van der Waals surface area contributed by atoms with Gasteiger partial charge in [0.2, 0.25) is 0 Å². The van der Waals surface area contributed by atoms with Crippen molar-refractivity contribution < 1.29 is 14.4 Å². The molecule has 1 atom stereocenters. The molecular weight excluding hydrogens is 326 g/mol. The van der Waals surface area contributed by atoms with Gasteiger partial charge in [0.05, 0.1) is 39.3 Å². The van der Waals surface area contributed by atoms with Crippen molar-refractivity contribution in [3.63, 3.8) is 0 Å². The molecule has 0 spiro atoms. The van der Waals surface area contributed by atoms with E-state index < -0.39 is 0 Å². The lowest BCUT2D eigenvalue weighted by atomic mass is 10.1. The molecule has 26 heavy (non-hydrogen) atoms. The molecule has 5 heteroatoms. The van der Waals surface area contributed by atoms with Gasteiger partial charge in [0.25, 0.3) is 5.91 Å². The number of carbonyl (C=O) groups is 1. The van der Waals surface area contributed by atoms with Gasteiger partial charge in [-0.05, 0) is 24.6 Å². The second-order valence-electron chi connectivity index (χ2n) is 6.82. The normalized spacial score (nSPS) is 16.2. The molecule has 2 aromatic carbocycles. The van der Waals surface area contributed by atoms with E-state index in [4.69, 9.17) is 4.74 Å². The van der Waals surface area contributed by atoms with Gasteiger partial charge in [0.1, 0.15) is 5.75 Å². The van der Waals surface area contributed by atoms with Crippen molar-refractivity contribution in [2.24, 2.45) is 0 Å². The summed E-state index contributed by atoms with van der Waals surface area (Å²) in [6, 6.07) is 18.3. The number of rotatable bonds is 6. The third-order valence-corrected chi connectivity index (χ3v) is 4.98. The maximum atomic E-state index is 12.4. The Kier molecular flexibility index (Phi) is 6.12. The predicted octanol–water partition coefficient (Wildman–Crippen LogP) is 1.28. The molecule has 0 aliphatic carbocycles. The molecule has 2 N–H and O–H groups in total. The summed E-state index contributed by atoms with van der Waals surface area (Å²) >= 11 is 0. The molecule has 0 unspecified atom stereocenters. The van der Waals surface area contributed by atoms with Crippen LogP contribution in [-0.4, -0.2) is 45.7 Å². The quantitative estimate of drug-likeness (QED) is 0.821. The van der Waals surface area contributed by atoms with Crippen LogP contribution in [0.3, 0.4) is 0 Å². The first-order valence-electron chi connectivity index (χ1n) is 9.22. The zero-order valence-corrected chi connectivity index (χ0v) is 15.6. The van der Waals surface area contributed by atoms with E-state index in [1.165, 1.54) is 10.6 Å². The van der Waals surface area contributed by atoms with E-state index in [-0.39, 0.29) is 11.9 Å². The first kappa shape index (κ1) is 18.3. The van der Waals surface area contributed by atoms with E-state index in [1.807, 2.05) is 49.4 Å². The Labute approximate surface area is 155 Å². The van der Waals surface area contributed by atoms with Crippen molar-refractivity contribution in [2.75, 3.05) is 44.7 Å². The first-order valence-corrected chi connectivity index (χ1v) is 9.22. The van der Waals surface area contributed by atoms with Gasteiger partial charge in [-0.25, -0.2) is 0 Å². The van der Waals surface area contributed by atoms with Crippen LogP contribution in [0.25, 0.3) is 0 Å². The highest BCUT2D eigenvalue weighted by Crippen LogP contribution is 2.20. The van der Waals surface area contributed by atoms with Crippen LogP contribution in [0, 0.1) is 0 Å². The molecule has 138 valence electrons. The molecule has 0 aromatic heterocycles. The van der Waals surface area contributed by atoms with Gasteiger partial charge in [-0.15, -0.1) is 0 Å². The monoisotopic (exact) mass is 354 g/mol. The molecular formula is C21H28N3O2+. The summed E-state index contributed by atoms with van der Waals surface area (Å²) in [5.41, 5.74) is 2.32. The Bertz CT molecular complexity index is 712. The maximum absolute atomic E-state index is 12.4. The number of benzene rings is 2. The fourth-order valence-electron chi connectivity index (χ4n) is 3.41. The standard InChI is InChI=1S/C21H27N3O2/c1-17(18-7-4-3-5-8-18)22-21(25)16-23-11-13-24(14-12-23)19-9-6-10-20(15-19)26-2/h3-10,15,17H,11-14,16H2,1-2H3,(H,22,25)/p+1/t17-/m1/s1. The minimum absolute atomic E-state index is 0.0428. The second kappa shape index (κ2) is 8.72. The number of anilines is 1. The number of quaternary nitrogens is 1. The minimum atomic E-state index is 0.0428. The molecule has 5 nitrogen and oxygen atoms in total. The fourth-order valence-corrected chi connectivity index (χ4v) is 3.41. The van der Waals surface area contributed by atoms with E-state index in [0.29, 0.717) is 6.54 Å². The molecule has 1 aliphatic heterocycles. The van der Waals surface area contributed by atoms with E-state index >= 15 is 0 Å². The molecule has 0 radical (unpaired) electrons. The molecule has 1 aliphatic rings. The van der Waals surface area contributed by atoms with Crippen LogP contribution in [0.5, 0.6) is 5.75 Å². The van der Waals surface area contributed by atoms with Gasteiger partial charge in [-0.3, -0.25) is 4.79 Å². The number of nitrogens with one attached hydrogen (secondary N) is 2. The summed E-state index contributed by atoms with van der Waals surface area (Å²) in [5, 5.41) is 3.11. The SMILES string of the molecule is COc1cccc(N2CC[NH+](CC(=O)N[C@H](C)c3ccccc3)CC2)c1. The van der Waals surface area contributed by atoms with Crippen LogP contribution in [0.1, 0.15) is 18.5 Å². The van der Waals surface area contributed by atoms with Crippen LogP contribution in [-0.2, 0) is 4.79 Å². The van der Waals surface area contributed by atoms with E-state index in [1.54, 1.807) is 7.11 Å². The van der Waals surface area contributed by atoms with E-state index in [2.05, 4.69) is 22.3 Å². The fraction of sp³-hybridized carbons (Fsp3) is 0.381. The van der Waals surface area contributed by atoms with Crippen molar-refractivity contribution in [3.8, 4) is 5.75 Å². The van der Waals surface area contributed by atoms with E-state index in [0.717, 1.165) is 37.5 Å². The highest BCUT2D eigenvalue weighted by Gasteiger charge is 2.23. The average molecular weight is 354 g/mol.